The van der Waals surface area contributed by atoms with Crippen LogP contribution in [0.25, 0.3) is 0 Å². The lowest BCUT2D eigenvalue weighted by molar-refractivity contribution is 0.0546. The Morgan fingerprint density at radius 3 is 2.83 bits per heavy atom. The fourth-order valence-electron chi connectivity index (χ4n) is 3.46. The summed E-state index contributed by atoms with van der Waals surface area (Å²) in [6.07, 6.45) is 6.13. The number of carbonyl (C=O) groups is 1. The number of aromatic nitrogens is 2. The van der Waals surface area contributed by atoms with Crippen molar-refractivity contribution in [3.8, 4) is 5.75 Å². The van der Waals surface area contributed by atoms with Gasteiger partial charge >= 0.3 is 6.09 Å². The number of benzene rings is 1. The number of hydrogen-bond acceptors (Lipinski definition) is 8. The maximum Gasteiger partial charge on any atom is 0.412 e. The summed E-state index contributed by atoms with van der Waals surface area (Å²) in [4.78, 5) is 24.9. The second-order valence-corrected chi connectivity index (χ2v) is 9.31. The lowest BCUT2D eigenvalue weighted by atomic mass is 9.95. The van der Waals surface area contributed by atoms with Gasteiger partial charge in [0, 0.05) is 29.8 Å². The quantitative estimate of drug-likeness (QED) is 0.497. The molecule has 1 amide bonds. The van der Waals surface area contributed by atoms with Crippen molar-refractivity contribution < 1.29 is 23.4 Å². The molecule has 1 aliphatic heterocycles. The molecule has 0 fully saturated rings. The van der Waals surface area contributed by atoms with Crippen LogP contribution in [-0.2, 0) is 9.47 Å². The average molecular weight is 514 g/mol. The molecule has 188 valence electrons. The smallest absolute Gasteiger partial charge is 0.412 e. The molecule has 11 heteroatoms. The van der Waals surface area contributed by atoms with Gasteiger partial charge in [-0.3, -0.25) is 5.32 Å². The van der Waals surface area contributed by atoms with E-state index in [1.54, 1.807) is 45.0 Å². The Morgan fingerprint density at radius 1 is 1.31 bits per heavy atom. The molecule has 0 saturated carbocycles. The molecule has 1 aliphatic carbocycles. The Labute approximate surface area is 212 Å². The van der Waals surface area contributed by atoms with Gasteiger partial charge in [-0.25, -0.2) is 19.2 Å². The van der Waals surface area contributed by atoms with Crippen molar-refractivity contribution in [3.05, 3.63) is 70.7 Å². The molecule has 0 atom stereocenters. The van der Waals surface area contributed by atoms with E-state index in [1.807, 2.05) is 6.08 Å². The minimum Gasteiger partial charge on any atom is -0.495 e. The van der Waals surface area contributed by atoms with Crippen molar-refractivity contribution in [3.63, 3.8) is 0 Å². The van der Waals surface area contributed by atoms with Crippen LogP contribution in [0.4, 0.5) is 26.6 Å². The Morgan fingerprint density at radius 2 is 2.11 bits per heavy atom. The summed E-state index contributed by atoms with van der Waals surface area (Å²) in [5.41, 5.74) is 1.82. The Hall–Kier alpha value is -3.92. The second kappa shape index (κ2) is 10.4. The van der Waals surface area contributed by atoms with Crippen LogP contribution in [0.3, 0.4) is 0 Å². The first-order chi connectivity index (χ1) is 17.1. The molecule has 2 N–H and O–H groups in total. The van der Waals surface area contributed by atoms with Gasteiger partial charge in [-0.15, -0.1) is 0 Å². The summed E-state index contributed by atoms with van der Waals surface area (Å²) < 4.78 is 30.6. The maximum absolute atomic E-state index is 14.5. The van der Waals surface area contributed by atoms with Crippen molar-refractivity contribution >= 4 is 40.9 Å². The maximum atomic E-state index is 14.5. The highest BCUT2D eigenvalue weighted by Gasteiger charge is 2.25. The number of aliphatic imine (C=N–C) groups is 1. The molecule has 0 radical (unpaired) electrons. The number of fused-ring (bicyclic) bond motifs is 1. The molecule has 2 aliphatic rings. The first kappa shape index (κ1) is 25.2. The molecule has 1 aromatic carbocycles. The number of hydrogen-bond donors (Lipinski definition) is 2. The normalized spacial score (nSPS) is 16.2. The summed E-state index contributed by atoms with van der Waals surface area (Å²) in [6, 6.07) is 5.08. The highest BCUT2D eigenvalue weighted by Crippen LogP contribution is 2.32. The van der Waals surface area contributed by atoms with Crippen LogP contribution in [0.5, 0.6) is 5.75 Å². The number of amides is 1. The van der Waals surface area contributed by atoms with Gasteiger partial charge in [0.05, 0.1) is 30.3 Å². The number of rotatable bonds is 5. The molecule has 0 bridgehead atoms. The molecule has 0 spiro atoms. The SMILES string of the molecule is COc1ccc(Nc2ncc(F)c(N=C3CC=C4OC=CC(NC(=O)OC(C)(C)C)=C4C3)n2)cc1Cl. The van der Waals surface area contributed by atoms with Crippen LogP contribution in [0.15, 0.2) is 64.8 Å². The Bertz CT molecular complexity index is 1310. The van der Waals surface area contributed by atoms with E-state index >= 15 is 0 Å². The number of halogens is 2. The van der Waals surface area contributed by atoms with E-state index < -0.39 is 17.5 Å². The van der Waals surface area contributed by atoms with Gasteiger partial charge in [0.15, 0.2) is 11.6 Å². The topological polar surface area (TPSA) is 107 Å². The predicted octanol–water partition coefficient (Wildman–Crippen LogP) is 6.09. The van der Waals surface area contributed by atoms with Crippen molar-refractivity contribution in [2.75, 3.05) is 12.4 Å². The van der Waals surface area contributed by atoms with Crippen molar-refractivity contribution in [1.29, 1.82) is 0 Å². The zero-order chi connectivity index (χ0) is 25.9. The molecule has 2 aromatic rings. The van der Waals surface area contributed by atoms with Crippen LogP contribution in [0.1, 0.15) is 33.6 Å². The zero-order valence-electron chi connectivity index (χ0n) is 20.2. The van der Waals surface area contributed by atoms with Crippen molar-refractivity contribution in [2.45, 2.75) is 39.2 Å². The first-order valence-electron chi connectivity index (χ1n) is 11.1. The Balaban J connectivity index is 1.56. The van der Waals surface area contributed by atoms with E-state index in [-0.39, 0.29) is 11.8 Å². The van der Waals surface area contributed by atoms with Gasteiger partial charge in [0.2, 0.25) is 5.95 Å². The van der Waals surface area contributed by atoms with Gasteiger partial charge in [-0.2, -0.15) is 4.98 Å². The van der Waals surface area contributed by atoms with Crippen LogP contribution >= 0.6 is 11.6 Å². The molecule has 9 nitrogen and oxygen atoms in total. The number of carbonyl (C=O) groups excluding carboxylic acids is 1. The van der Waals surface area contributed by atoms with Crippen molar-refractivity contribution in [1.82, 2.24) is 15.3 Å². The number of nitrogens with one attached hydrogen (secondary N) is 2. The van der Waals surface area contributed by atoms with Crippen molar-refractivity contribution in [2.24, 2.45) is 4.99 Å². The largest absolute Gasteiger partial charge is 0.495 e. The number of ether oxygens (including phenoxy) is 3. The zero-order valence-corrected chi connectivity index (χ0v) is 20.9. The summed E-state index contributed by atoms with van der Waals surface area (Å²) in [7, 11) is 1.52. The highest BCUT2D eigenvalue weighted by molar-refractivity contribution is 6.32. The van der Waals surface area contributed by atoms with E-state index in [1.165, 1.54) is 13.4 Å². The monoisotopic (exact) mass is 513 g/mol. The summed E-state index contributed by atoms with van der Waals surface area (Å²) in [5, 5.41) is 6.13. The molecule has 2 heterocycles. The van der Waals surface area contributed by atoms with Gasteiger partial charge < -0.3 is 19.5 Å². The molecular weight excluding hydrogens is 489 g/mol. The number of anilines is 2. The number of allylic oxidation sites excluding steroid dienone is 3. The number of alkyl carbamates (subject to hydrolysis) is 1. The van der Waals surface area contributed by atoms with Gasteiger partial charge in [0.1, 0.15) is 17.1 Å². The third-order valence-electron chi connectivity index (χ3n) is 4.99. The number of nitrogens with zero attached hydrogens (tertiary/aromatic N) is 3. The van der Waals surface area contributed by atoms with Crippen LogP contribution in [0, 0.1) is 5.82 Å². The molecule has 36 heavy (non-hydrogen) atoms. The summed E-state index contributed by atoms with van der Waals surface area (Å²) >= 11 is 6.17. The van der Waals surface area contributed by atoms with Gasteiger partial charge in [0.25, 0.3) is 0 Å². The second-order valence-electron chi connectivity index (χ2n) is 8.91. The fraction of sp³-hybridized carbons (Fsp3) is 0.280. The van der Waals surface area contributed by atoms with E-state index in [4.69, 9.17) is 25.8 Å². The van der Waals surface area contributed by atoms with E-state index in [0.717, 1.165) is 6.20 Å². The average Bonchev–Trinajstić information content (AvgIpc) is 2.80. The van der Waals surface area contributed by atoms with E-state index in [0.29, 0.717) is 52.0 Å². The standard InChI is InChI=1S/C25H25ClFN5O4/c1-25(2,3)36-24(33)31-19-9-10-35-20-7-5-14(11-16(19)20)29-22-18(27)13-28-23(32-22)30-15-6-8-21(34-4)17(26)12-15/h6-10,12-13H,5,11H2,1-4H3,(H,31,33)(H,28,30,32). The first-order valence-corrected chi connectivity index (χ1v) is 11.5. The number of methoxy groups -OCH3 is 1. The molecule has 0 saturated heterocycles. The molecule has 0 unspecified atom stereocenters. The highest BCUT2D eigenvalue weighted by atomic mass is 35.5. The van der Waals surface area contributed by atoms with Crippen LogP contribution in [0.2, 0.25) is 5.02 Å². The lowest BCUT2D eigenvalue weighted by Crippen LogP contribution is -2.33. The molecular formula is C25H25ClFN5O4. The fourth-order valence-corrected chi connectivity index (χ4v) is 3.71. The predicted molar refractivity (Wildman–Crippen MR) is 134 cm³/mol. The lowest BCUT2D eigenvalue weighted by Gasteiger charge is -2.25. The third kappa shape index (κ3) is 6.19. The summed E-state index contributed by atoms with van der Waals surface area (Å²) in [5.74, 6) is 0.490. The van der Waals surface area contributed by atoms with Gasteiger partial charge in [-0.1, -0.05) is 11.6 Å². The Kier molecular flexibility index (Phi) is 7.25. The third-order valence-corrected chi connectivity index (χ3v) is 5.28. The van der Waals surface area contributed by atoms with Crippen LogP contribution < -0.4 is 15.4 Å². The van der Waals surface area contributed by atoms with Crippen LogP contribution in [-0.4, -0.2) is 34.5 Å². The van der Waals surface area contributed by atoms with Gasteiger partial charge in [-0.05, 0) is 51.1 Å². The van der Waals surface area contributed by atoms with E-state index in [9.17, 15) is 9.18 Å². The minimum atomic E-state index is -0.670. The summed E-state index contributed by atoms with van der Waals surface area (Å²) in [6.45, 7) is 5.34. The van der Waals surface area contributed by atoms with E-state index in [2.05, 4.69) is 25.6 Å². The molecule has 1 aromatic heterocycles. The molecule has 4 rings (SSSR count). The minimum absolute atomic E-state index is 0.117.